The van der Waals surface area contributed by atoms with E-state index in [4.69, 9.17) is 34.7 Å². The van der Waals surface area contributed by atoms with Crippen molar-refractivity contribution in [3.05, 3.63) is 46.4 Å². The summed E-state index contributed by atoms with van der Waals surface area (Å²) in [5, 5.41) is 12.5. The molecule has 0 saturated heterocycles. The number of nitrogens with zero attached hydrogens (tertiary/aromatic N) is 4. The Hall–Kier alpha value is -2.31. The molecule has 0 spiro atoms. The average molecular weight is 321 g/mol. The summed E-state index contributed by atoms with van der Waals surface area (Å²) in [5.74, 6) is 0.507. The number of nitrogens with two attached hydrogens (primary N) is 2. The molecule has 3 rings (SSSR count). The van der Waals surface area contributed by atoms with Gasteiger partial charge in [-0.25, -0.2) is 0 Å². The van der Waals surface area contributed by atoms with Crippen LogP contribution < -0.4 is 11.5 Å². The highest BCUT2D eigenvalue weighted by Crippen LogP contribution is 2.28. The molecule has 0 aliphatic carbocycles. The number of tetrazole rings is 1. The lowest BCUT2D eigenvalue weighted by Gasteiger charge is -2.07. The van der Waals surface area contributed by atoms with Crippen LogP contribution in [-0.4, -0.2) is 20.2 Å². The molecule has 0 radical (unpaired) electrons. The Bertz CT molecular complexity index is 794. The molecule has 3 aromatic rings. The Labute approximate surface area is 130 Å². The topological polar surface area (TPSA) is 95.6 Å². The number of anilines is 2. The van der Waals surface area contributed by atoms with Crippen LogP contribution in [0.15, 0.2) is 36.4 Å². The lowest BCUT2D eigenvalue weighted by atomic mass is 10.1. The minimum Gasteiger partial charge on any atom is -0.399 e. The van der Waals surface area contributed by atoms with Crippen LogP contribution in [-0.2, 0) is 0 Å². The summed E-state index contributed by atoms with van der Waals surface area (Å²) in [7, 11) is 0. The third-order valence-electron chi connectivity index (χ3n) is 2.85. The van der Waals surface area contributed by atoms with Crippen LogP contribution in [0.1, 0.15) is 0 Å². The number of benzene rings is 2. The maximum Gasteiger partial charge on any atom is 0.187 e. The fourth-order valence-corrected chi connectivity index (χ4v) is 2.26. The van der Waals surface area contributed by atoms with Crippen LogP contribution in [0.25, 0.3) is 17.1 Å². The number of rotatable bonds is 2. The molecular formula is C13H10Cl2N6. The molecule has 21 heavy (non-hydrogen) atoms. The molecule has 6 nitrogen and oxygen atoms in total. The van der Waals surface area contributed by atoms with Crippen LogP contribution in [0.3, 0.4) is 0 Å². The van der Waals surface area contributed by atoms with Crippen molar-refractivity contribution in [3.8, 4) is 17.1 Å². The summed E-state index contributed by atoms with van der Waals surface area (Å²) >= 11 is 11.9. The fourth-order valence-electron chi connectivity index (χ4n) is 1.96. The molecule has 0 aliphatic heterocycles. The number of aromatic nitrogens is 4. The van der Waals surface area contributed by atoms with Crippen molar-refractivity contribution < 1.29 is 0 Å². The van der Waals surface area contributed by atoms with E-state index in [0.29, 0.717) is 38.5 Å². The molecule has 0 bridgehead atoms. The molecule has 0 atom stereocenters. The quantitative estimate of drug-likeness (QED) is 0.708. The van der Waals surface area contributed by atoms with Gasteiger partial charge < -0.3 is 11.5 Å². The van der Waals surface area contributed by atoms with Crippen LogP contribution in [0, 0.1) is 0 Å². The van der Waals surface area contributed by atoms with Crippen molar-refractivity contribution in [1.29, 1.82) is 0 Å². The van der Waals surface area contributed by atoms with E-state index in [9.17, 15) is 0 Å². The molecule has 0 aliphatic rings. The monoisotopic (exact) mass is 320 g/mol. The van der Waals surface area contributed by atoms with Gasteiger partial charge in [-0.2, -0.15) is 4.68 Å². The Morgan fingerprint density at radius 1 is 0.905 bits per heavy atom. The van der Waals surface area contributed by atoms with Crippen molar-refractivity contribution in [2.45, 2.75) is 0 Å². The largest absolute Gasteiger partial charge is 0.399 e. The minimum absolute atomic E-state index is 0.419. The Kier molecular flexibility index (Phi) is 3.40. The Balaban J connectivity index is 2.14. The number of hydrogen-bond donors (Lipinski definition) is 2. The second-order valence-corrected chi connectivity index (χ2v) is 5.22. The van der Waals surface area contributed by atoms with Crippen molar-refractivity contribution in [2.24, 2.45) is 0 Å². The fraction of sp³-hybridized carbons (Fsp3) is 0. The predicted molar refractivity (Wildman–Crippen MR) is 83.4 cm³/mol. The zero-order valence-corrected chi connectivity index (χ0v) is 12.2. The first-order chi connectivity index (χ1) is 10.0. The highest BCUT2D eigenvalue weighted by molar-refractivity contribution is 6.42. The average Bonchev–Trinajstić information content (AvgIpc) is 2.90. The van der Waals surface area contributed by atoms with E-state index in [1.165, 1.54) is 4.68 Å². The number of halogens is 2. The van der Waals surface area contributed by atoms with E-state index in [0.717, 1.165) is 0 Å². The molecule has 106 valence electrons. The van der Waals surface area contributed by atoms with Crippen LogP contribution >= 0.6 is 23.2 Å². The highest BCUT2D eigenvalue weighted by Gasteiger charge is 2.13. The van der Waals surface area contributed by atoms with E-state index >= 15 is 0 Å². The van der Waals surface area contributed by atoms with E-state index in [1.54, 1.807) is 36.4 Å². The van der Waals surface area contributed by atoms with E-state index in [-0.39, 0.29) is 0 Å². The molecule has 0 unspecified atom stereocenters. The molecule has 8 heteroatoms. The normalized spacial score (nSPS) is 10.8. The molecule has 1 heterocycles. The van der Waals surface area contributed by atoms with Gasteiger partial charge in [0.2, 0.25) is 0 Å². The summed E-state index contributed by atoms with van der Waals surface area (Å²) in [5.41, 5.74) is 14.1. The third-order valence-corrected chi connectivity index (χ3v) is 3.59. The van der Waals surface area contributed by atoms with Crippen molar-refractivity contribution in [2.75, 3.05) is 11.5 Å². The standard InChI is InChI=1S/C13H10Cl2N6/c14-11-2-1-10(6-12(11)15)21-13(18-19-20-21)7-3-8(16)5-9(17)4-7/h1-6H,16-17H2. The Morgan fingerprint density at radius 3 is 2.29 bits per heavy atom. The van der Waals surface area contributed by atoms with Gasteiger partial charge in [-0.05, 0) is 46.8 Å². The predicted octanol–water partition coefficient (Wildman–Crippen LogP) is 2.80. The van der Waals surface area contributed by atoms with Gasteiger partial charge in [-0.15, -0.1) is 5.10 Å². The lowest BCUT2D eigenvalue weighted by Crippen LogP contribution is -2.01. The van der Waals surface area contributed by atoms with Crippen LogP contribution in [0.2, 0.25) is 10.0 Å². The third kappa shape index (κ3) is 2.63. The second-order valence-electron chi connectivity index (χ2n) is 4.40. The Morgan fingerprint density at radius 2 is 1.62 bits per heavy atom. The first kappa shape index (κ1) is 13.7. The smallest absolute Gasteiger partial charge is 0.187 e. The van der Waals surface area contributed by atoms with Crippen LogP contribution in [0.4, 0.5) is 11.4 Å². The molecule has 2 aromatic carbocycles. The van der Waals surface area contributed by atoms with E-state index in [2.05, 4.69) is 15.5 Å². The summed E-state index contributed by atoms with van der Waals surface area (Å²) < 4.78 is 1.54. The second kappa shape index (κ2) is 5.23. The summed E-state index contributed by atoms with van der Waals surface area (Å²) in [4.78, 5) is 0. The summed E-state index contributed by atoms with van der Waals surface area (Å²) in [6.45, 7) is 0. The van der Waals surface area contributed by atoms with Gasteiger partial charge in [0.15, 0.2) is 5.82 Å². The van der Waals surface area contributed by atoms with Gasteiger partial charge in [0.25, 0.3) is 0 Å². The SMILES string of the molecule is Nc1cc(N)cc(-c2nnnn2-c2ccc(Cl)c(Cl)c2)c1. The molecular weight excluding hydrogens is 311 g/mol. The van der Waals surface area contributed by atoms with Gasteiger partial charge in [0.1, 0.15) is 0 Å². The molecule has 4 N–H and O–H groups in total. The van der Waals surface area contributed by atoms with E-state index in [1.807, 2.05) is 0 Å². The van der Waals surface area contributed by atoms with Crippen molar-refractivity contribution in [1.82, 2.24) is 20.2 Å². The van der Waals surface area contributed by atoms with Crippen molar-refractivity contribution >= 4 is 34.6 Å². The van der Waals surface area contributed by atoms with Gasteiger partial charge in [-0.3, -0.25) is 0 Å². The summed E-state index contributed by atoms with van der Waals surface area (Å²) in [6, 6.07) is 10.3. The van der Waals surface area contributed by atoms with Crippen molar-refractivity contribution in [3.63, 3.8) is 0 Å². The summed E-state index contributed by atoms with van der Waals surface area (Å²) in [6.07, 6.45) is 0. The van der Waals surface area contributed by atoms with Gasteiger partial charge in [0.05, 0.1) is 15.7 Å². The zero-order chi connectivity index (χ0) is 15.0. The molecule has 1 aromatic heterocycles. The number of hydrogen-bond acceptors (Lipinski definition) is 5. The molecule has 0 fully saturated rings. The van der Waals surface area contributed by atoms with E-state index < -0.39 is 0 Å². The van der Waals surface area contributed by atoms with Crippen LogP contribution in [0.5, 0.6) is 0 Å². The maximum absolute atomic E-state index is 6.03. The molecule has 0 saturated carbocycles. The minimum atomic E-state index is 0.419. The maximum atomic E-state index is 6.03. The zero-order valence-electron chi connectivity index (χ0n) is 10.7. The molecule has 0 amide bonds. The van der Waals surface area contributed by atoms with Gasteiger partial charge >= 0.3 is 0 Å². The van der Waals surface area contributed by atoms with Gasteiger partial charge in [-0.1, -0.05) is 23.2 Å². The first-order valence-electron chi connectivity index (χ1n) is 5.95. The number of nitrogen functional groups attached to an aromatic ring is 2. The highest BCUT2D eigenvalue weighted by atomic mass is 35.5. The lowest BCUT2D eigenvalue weighted by molar-refractivity contribution is 0.791. The van der Waals surface area contributed by atoms with Gasteiger partial charge in [0, 0.05) is 16.9 Å². The first-order valence-corrected chi connectivity index (χ1v) is 6.70.